The average molecular weight is 237 g/mol. The minimum absolute atomic E-state index is 0.0134. The van der Waals surface area contributed by atoms with Crippen LogP contribution in [0, 0.1) is 0 Å². The van der Waals surface area contributed by atoms with Crippen molar-refractivity contribution in [2.24, 2.45) is 5.73 Å². The lowest BCUT2D eigenvalue weighted by Crippen LogP contribution is -2.26. The smallest absolute Gasteiger partial charge is 0.237 e. The maximum atomic E-state index is 11.5. The first-order valence-electron chi connectivity index (χ1n) is 5.22. The second kappa shape index (κ2) is 4.86. The highest BCUT2D eigenvalue weighted by Crippen LogP contribution is 2.35. The molecule has 1 aromatic rings. The van der Waals surface area contributed by atoms with Crippen molar-refractivity contribution in [2.75, 3.05) is 12.0 Å². The van der Waals surface area contributed by atoms with Crippen molar-refractivity contribution in [3.63, 3.8) is 0 Å². The molecule has 1 aliphatic heterocycles. The number of carbonyl (C=O) groups excluding carboxylic acids is 1. The van der Waals surface area contributed by atoms with Crippen LogP contribution in [0.25, 0.3) is 0 Å². The van der Waals surface area contributed by atoms with E-state index in [0.717, 1.165) is 22.7 Å². The van der Waals surface area contributed by atoms with Crippen molar-refractivity contribution in [1.82, 2.24) is 5.32 Å². The minimum atomic E-state index is -0.0134. The first-order chi connectivity index (χ1) is 7.70. The third-order valence-corrected chi connectivity index (χ3v) is 3.63. The molecule has 0 aromatic heterocycles. The van der Waals surface area contributed by atoms with Gasteiger partial charge in [-0.3, -0.25) is 4.79 Å². The van der Waals surface area contributed by atoms with Crippen LogP contribution in [0.1, 0.15) is 12.5 Å². The van der Waals surface area contributed by atoms with E-state index in [2.05, 4.69) is 16.7 Å². The number of rotatable bonds is 3. The Labute approximate surface area is 99.0 Å². The molecule has 0 bridgehead atoms. The normalized spacial score (nSPS) is 19.1. The maximum Gasteiger partial charge on any atom is 0.237 e. The molecule has 86 valence electrons. The van der Waals surface area contributed by atoms with E-state index < -0.39 is 0 Å². The molecule has 0 spiro atoms. The number of nitrogens with two attached hydrogens (primary N) is 1. The number of hydrogen-bond donors (Lipinski definition) is 3. The van der Waals surface area contributed by atoms with Gasteiger partial charge in [-0.1, -0.05) is 6.07 Å². The van der Waals surface area contributed by atoms with Gasteiger partial charge in [0.05, 0.1) is 10.9 Å². The van der Waals surface area contributed by atoms with Gasteiger partial charge in [-0.2, -0.15) is 0 Å². The molecule has 4 nitrogen and oxygen atoms in total. The van der Waals surface area contributed by atoms with Crippen LogP contribution >= 0.6 is 11.8 Å². The second-order valence-electron chi connectivity index (χ2n) is 3.71. The number of hydrogen-bond acceptors (Lipinski definition) is 4. The molecule has 2 rings (SSSR count). The lowest BCUT2D eigenvalue weighted by molar-refractivity contribution is -0.115. The molecule has 1 aromatic carbocycles. The van der Waals surface area contributed by atoms with E-state index >= 15 is 0 Å². The number of benzene rings is 1. The summed E-state index contributed by atoms with van der Waals surface area (Å²) in [6, 6.07) is 6.09. The van der Waals surface area contributed by atoms with Gasteiger partial charge in [-0.25, -0.2) is 0 Å². The van der Waals surface area contributed by atoms with E-state index in [1.807, 2.05) is 19.1 Å². The van der Waals surface area contributed by atoms with Gasteiger partial charge in [0.2, 0.25) is 5.91 Å². The molecule has 1 amide bonds. The number of fused-ring (bicyclic) bond motifs is 1. The van der Waals surface area contributed by atoms with E-state index in [4.69, 9.17) is 5.73 Å². The molecule has 0 radical (unpaired) electrons. The highest BCUT2D eigenvalue weighted by atomic mass is 32.2. The number of thioether (sulfide) groups is 1. The second-order valence-corrected chi connectivity index (χ2v) is 5.09. The predicted octanol–water partition coefficient (Wildman–Crippen LogP) is 1.13. The first-order valence-corrected chi connectivity index (χ1v) is 6.10. The van der Waals surface area contributed by atoms with Gasteiger partial charge in [-0.05, 0) is 24.6 Å². The molecular weight excluding hydrogens is 222 g/mol. The van der Waals surface area contributed by atoms with Gasteiger partial charge in [-0.15, -0.1) is 11.8 Å². The quantitative estimate of drug-likeness (QED) is 0.689. The Kier molecular flexibility index (Phi) is 3.48. The molecular formula is C11H15N3OS. The molecule has 0 aliphatic carbocycles. The highest BCUT2D eigenvalue weighted by Gasteiger charge is 2.22. The van der Waals surface area contributed by atoms with E-state index in [0.29, 0.717) is 6.67 Å². The fourth-order valence-electron chi connectivity index (χ4n) is 1.58. The summed E-state index contributed by atoms with van der Waals surface area (Å²) in [4.78, 5) is 12.6. The molecule has 1 unspecified atom stereocenters. The highest BCUT2D eigenvalue weighted by molar-refractivity contribution is 8.00. The molecule has 0 saturated carbocycles. The van der Waals surface area contributed by atoms with Crippen molar-refractivity contribution in [2.45, 2.75) is 23.6 Å². The molecule has 5 heteroatoms. The predicted molar refractivity (Wildman–Crippen MR) is 66.3 cm³/mol. The largest absolute Gasteiger partial charge is 0.324 e. The van der Waals surface area contributed by atoms with Gasteiger partial charge in [0, 0.05) is 18.1 Å². The molecule has 0 fully saturated rings. The molecule has 1 heterocycles. The van der Waals surface area contributed by atoms with Gasteiger partial charge >= 0.3 is 0 Å². The molecule has 1 aliphatic rings. The molecule has 16 heavy (non-hydrogen) atoms. The summed E-state index contributed by atoms with van der Waals surface area (Å²) in [5.74, 6) is 0.0708. The molecule has 0 saturated heterocycles. The number of anilines is 1. The van der Waals surface area contributed by atoms with Crippen LogP contribution in [0.2, 0.25) is 0 Å². The summed E-state index contributed by atoms with van der Waals surface area (Å²) in [6.07, 6.45) is 0. The van der Waals surface area contributed by atoms with Crippen LogP contribution in [0.15, 0.2) is 23.1 Å². The number of nitrogens with one attached hydrogen (secondary N) is 2. The Balaban J connectivity index is 2.19. The van der Waals surface area contributed by atoms with Crippen molar-refractivity contribution in [3.8, 4) is 0 Å². The van der Waals surface area contributed by atoms with Crippen molar-refractivity contribution in [3.05, 3.63) is 23.8 Å². The SMILES string of the molecule is CC1Sc2ccc(CNCN)cc2NC1=O. The van der Waals surface area contributed by atoms with Gasteiger partial charge in [0.1, 0.15) is 0 Å². The zero-order valence-electron chi connectivity index (χ0n) is 9.12. The van der Waals surface area contributed by atoms with Crippen LogP contribution in [0.5, 0.6) is 0 Å². The fraction of sp³-hybridized carbons (Fsp3) is 0.364. The monoisotopic (exact) mass is 237 g/mol. The van der Waals surface area contributed by atoms with Crippen LogP contribution in [-0.2, 0) is 11.3 Å². The van der Waals surface area contributed by atoms with E-state index in [-0.39, 0.29) is 11.2 Å². The summed E-state index contributed by atoms with van der Waals surface area (Å²) in [5, 5.41) is 5.94. The number of amides is 1. The maximum absolute atomic E-state index is 11.5. The summed E-state index contributed by atoms with van der Waals surface area (Å²) in [7, 11) is 0. The van der Waals surface area contributed by atoms with Crippen LogP contribution in [0.4, 0.5) is 5.69 Å². The first kappa shape index (κ1) is 11.4. The Hall–Kier alpha value is -1.04. The summed E-state index contributed by atoms with van der Waals surface area (Å²) >= 11 is 1.60. The zero-order chi connectivity index (χ0) is 11.5. The Bertz CT molecular complexity index is 408. The Morgan fingerprint density at radius 2 is 2.38 bits per heavy atom. The summed E-state index contributed by atoms with van der Waals surface area (Å²) in [6.45, 7) is 3.09. The van der Waals surface area contributed by atoms with E-state index in [1.165, 1.54) is 0 Å². The third-order valence-electron chi connectivity index (χ3n) is 2.45. The lowest BCUT2D eigenvalue weighted by atomic mass is 10.2. The number of carbonyl (C=O) groups is 1. The van der Waals surface area contributed by atoms with E-state index in [1.54, 1.807) is 11.8 Å². The van der Waals surface area contributed by atoms with Crippen LogP contribution < -0.4 is 16.4 Å². The Morgan fingerprint density at radius 1 is 1.56 bits per heavy atom. The summed E-state index contributed by atoms with van der Waals surface area (Å²) < 4.78 is 0. The molecule has 4 N–H and O–H groups in total. The topological polar surface area (TPSA) is 67.2 Å². The van der Waals surface area contributed by atoms with Gasteiger partial charge in [0.15, 0.2) is 0 Å². The van der Waals surface area contributed by atoms with E-state index in [9.17, 15) is 4.79 Å². The van der Waals surface area contributed by atoms with Crippen molar-refractivity contribution >= 4 is 23.4 Å². The molecule has 1 atom stereocenters. The lowest BCUT2D eigenvalue weighted by Gasteiger charge is -2.21. The van der Waals surface area contributed by atoms with Crippen LogP contribution in [-0.4, -0.2) is 17.8 Å². The van der Waals surface area contributed by atoms with Crippen molar-refractivity contribution < 1.29 is 4.79 Å². The fourth-order valence-corrected chi connectivity index (χ4v) is 2.51. The van der Waals surface area contributed by atoms with Gasteiger partial charge < -0.3 is 16.4 Å². The van der Waals surface area contributed by atoms with Gasteiger partial charge in [0.25, 0.3) is 0 Å². The Morgan fingerprint density at radius 3 is 3.12 bits per heavy atom. The zero-order valence-corrected chi connectivity index (χ0v) is 9.93. The van der Waals surface area contributed by atoms with Crippen molar-refractivity contribution in [1.29, 1.82) is 0 Å². The minimum Gasteiger partial charge on any atom is -0.324 e. The summed E-state index contributed by atoms with van der Waals surface area (Å²) in [5.41, 5.74) is 7.40. The van der Waals surface area contributed by atoms with Crippen LogP contribution in [0.3, 0.4) is 0 Å². The standard InChI is InChI=1S/C11H15N3OS/c1-7-11(15)14-9-4-8(5-13-6-12)2-3-10(9)16-7/h2-4,7,13H,5-6,12H2,1H3,(H,14,15). The average Bonchev–Trinajstić information content (AvgIpc) is 2.28. The third kappa shape index (κ3) is 2.37.